The number of urea groups is 1. The average molecular weight is 342 g/mol. The minimum absolute atomic E-state index is 0.0623. The Labute approximate surface area is 148 Å². The molecule has 2 heterocycles. The molecule has 0 aliphatic carbocycles. The van der Waals surface area contributed by atoms with Gasteiger partial charge in [-0.15, -0.1) is 0 Å². The fourth-order valence-corrected chi connectivity index (χ4v) is 3.45. The second kappa shape index (κ2) is 7.17. The van der Waals surface area contributed by atoms with Crippen LogP contribution in [0.3, 0.4) is 0 Å². The first kappa shape index (κ1) is 17.3. The molecule has 6 heteroatoms. The Morgan fingerprint density at radius 2 is 2.16 bits per heavy atom. The molecule has 0 saturated carbocycles. The molecule has 2 aromatic rings. The summed E-state index contributed by atoms with van der Waals surface area (Å²) in [5.41, 5.74) is 2.80. The quantitative estimate of drug-likeness (QED) is 0.927. The van der Waals surface area contributed by atoms with Crippen LogP contribution >= 0.6 is 0 Å². The minimum Gasteiger partial charge on any atom is -0.496 e. The summed E-state index contributed by atoms with van der Waals surface area (Å²) in [6.45, 7) is 7.64. The number of nitrogens with zero attached hydrogens (tertiary/aromatic N) is 3. The van der Waals surface area contributed by atoms with Crippen molar-refractivity contribution in [3.8, 4) is 5.75 Å². The third-order valence-electron chi connectivity index (χ3n) is 5.08. The number of rotatable bonds is 3. The van der Waals surface area contributed by atoms with Crippen LogP contribution in [0.5, 0.6) is 5.75 Å². The molecule has 0 spiro atoms. The van der Waals surface area contributed by atoms with E-state index < -0.39 is 0 Å². The molecular formula is C19H26N4O2. The van der Waals surface area contributed by atoms with E-state index in [2.05, 4.69) is 21.8 Å². The van der Waals surface area contributed by atoms with Gasteiger partial charge in [0.05, 0.1) is 19.5 Å². The average Bonchev–Trinajstić information content (AvgIpc) is 3.12. The van der Waals surface area contributed by atoms with Gasteiger partial charge < -0.3 is 19.5 Å². The van der Waals surface area contributed by atoms with Crippen LogP contribution < -0.4 is 10.1 Å². The number of hydrogen-bond donors (Lipinski definition) is 1. The van der Waals surface area contributed by atoms with Gasteiger partial charge in [-0.05, 0) is 43.9 Å². The highest BCUT2D eigenvalue weighted by molar-refractivity contribution is 5.90. The molecule has 0 bridgehead atoms. The highest BCUT2D eigenvalue weighted by Crippen LogP contribution is 2.30. The zero-order valence-electron chi connectivity index (χ0n) is 15.3. The van der Waals surface area contributed by atoms with Gasteiger partial charge in [-0.2, -0.15) is 0 Å². The summed E-state index contributed by atoms with van der Waals surface area (Å²) in [5.74, 6) is 1.30. The monoisotopic (exact) mass is 342 g/mol. The molecule has 1 aliphatic heterocycles. The lowest BCUT2D eigenvalue weighted by Gasteiger charge is -2.37. The number of carbonyl (C=O) groups is 1. The molecule has 1 aromatic carbocycles. The maximum atomic E-state index is 12.8. The predicted molar refractivity (Wildman–Crippen MR) is 98.1 cm³/mol. The zero-order valence-corrected chi connectivity index (χ0v) is 15.3. The van der Waals surface area contributed by atoms with E-state index in [-0.39, 0.29) is 12.1 Å². The smallest absolute Gasteiger partial charge is 0.321 e. The van der Waals surface area contributed by atoms with Crippen molar-refractivity contribution in [1.82, 2.24) is 14.5 Å². The third kappa shape index (κ3) is 3.62. The van der Waals surface area contributed by atoms with Crippen molar-refractivity contribution >= 4 is 11.7 Å². The van der Waals surface area contributed by atoms with Gasteiger partial charge in [0.15, 0.2) is 0 Å². The van der Waals surface area contributed by atoms with Crippen LogP contribution in [0.2, 0.25) is 0 Å². The first-order valence-corrected chi connectivity index (χ1v) is 8.68. The number of hydrogen-bond acceptors (Lipinski definition) is 3. The van der Waals surface area contributed by atoms with Crippen molar-refractivity contribution in [2.45, 2.75) is 33.2 Å². The largest absolute Gasteiger partial charge is 0.496 e. The van der Waals surface area contributed by atoms with E-state index >= 15 is 0 Å². The van der Waals surface area contributed by atoms with Crippen LogP contribution in [0.4, 0.5) is 10.5 Å². The van der Waals surface area contributed by atoms with Gasteiger partial charge in [-0.1, -0.05) is 6.92 Å². The van der Waals surface area contributed by atoms with E-state index in [0.29, 0.717) is 12.5 Å². The van der Waals surface area contributed by atoms with E-state index in [4.69, 9.17) is 4.74 Å². The number of piperidine rings is 1. The number of likely N-dealkylation sites (tertiary alicyclic amines) is 1. The topological polar surface area (TPSA) is 59.4 Å². The van der Waals surface area contributed by atoms with E-state index in [1.807, 2.05) is 43.4 Å². The normalized spacial score (nSPS) is 20.4. The van der Waals surface area contributed by atoms with Crippen LogP contribution in [-0.2, 0) is 0 Å². The van der Waals surface area contributed by atoms with Gasteiger partial charge in [0.2, 0.25) is 0 Å². The summed E-state index contributed by atoms with van der Waals surface area (Å²) in [6.07, 6.45) is 6.57. The molecule has 3 rings (SSSR count). The number of carbonyl (C=O) groups excluding carboxylic acids is 1. The van der Waals surface area contributed by atoms with Crippen molar-refractivity contribution in [2.24, 2.45) is 5.92 Å². The number of imidazole rings is 1. The molecule has 2 atom stereocenters. The number of amides is 2. The Bertz CT molecular complexity index is 742. The van der Waals surface area contributed by atoms with Gasteiger partial charge in [0.25, 0.3) is 0 Å². The standard InChI is InChI=1S/C19H26N4O2/c1-13-9-16(15(3)18(10-13)25-4)21-19(24)22-7-5-14(2)17(11-22)23-8-6-20-12-23/h6,8-10,12,14,17H,5,7,11H2,1-4H3,(H,21,24)/t14-,17-/m1/s1. The number of aromatic nitrogens is 2. The molecule has 0 unspecified atom stereocenters. The summed E-state index contributed by atoms with van der Waals surface area (Å²) < 4.78 is 7.50. The lowest BCUT2D eigenvalue weighted by Crippen LogP contribution is -2.45. The van der Waals surface area contributed by atoms with Gasteiger partial charge in [0.1, 0.15) is 5.75 Å². The molecule has 1 aromatic heterocycles. The van der Waals surface area contributed by atoms with Gasteiger partial charge in [-0.25, -0.2) is 9.78 Å². The summed E-state index contributed by atoms with van der Waals surface area (Å²) in [7, 11) is 1.65. The van der Waals surface area contributed by atoms with Crippen molar-refractivity contribution in [2.75, 3.05) is 25.5 Å². The second-order valence-electron chi connectivity index (χ2n) is 6.86. The van der Waals surface area contributed by atoms with E-state index in [1.54, 1.807) is 13.3 Å². The summed E-state index contributed by atoms with van der Waals surface area (Å²) in [6, 6.07) is 4.15. The summed E-state index contributed by atoms with van der Waals surface area (Å²) in [4.78, 5) is 18.8. The summed E-state index contributed by atoms with van der Waals surface area (Å²) >= 11 is 0. The van der Waals surface area contributed by atoms with Crippen LogP contribution in [0.1, 0.15) is 30.5 Å². The van der Waals surface area contributed by atoms with Crippen molar-refractivity contribution in [1.29, 1.82) is 0 Å². The number of aryl methyl sites for hydroxylation is 1. The minimum atomic E-state index is -0.0623. The first-order chi connectivity index (χ1) is 12.0. The highest BCUT2D eigenvalue weighted by Gasteiger charge is 2.30. The molecule has 2 amide bonds. The molecule has 6 nitrogen and oxygen atoms in total. The molecule has 1 fully saturated rings. The predicted octanol–water partition coefficient (Wildman–Crippen LogP) is 3.62. The third-order valence-corrected chi connectivity index (χ3v) is 5.08. The Morgan fingerprint density at radius 3 is 2.84 bits per heavy atom. The van der Waals surface area contributed by atoms with Crippen molar-refractivity contribution < 1.29 is 9.53 Å². The number of benzene rings is 1. The lowest BCUT2D eigenvalue weighted by atomic mass is 9.93. The molecule has 0 radical (unpaired) electrons. The molecule has 134 valence electrons. The first-order valence-electron chi connectivity index (χ1n) is 8.68. The Hall–Kier alpha value is -2.50. The Balaban J connectivity index is 1.74. The van der Waals surface area contributed by atoms with Gasteiger partial charge in [-0.3, -0.25) is 0 Å². The molecule has 25 heavy (non-hydrogen) atoms. The lowest BCUT2D eigenvalue weighted by molar-refractivity contribution is 0.149. The van der Waals surface area contributed by atoms with Crippen LogP contribution in [0.25, 0.3) is 0 Å². The van der Waals surface area contributed by atoms with Crippen molar-refractivity contribution in [3.63, 3.8) is 0 Å². The maximum Gasteiger partial charge on any atom is 0.321 e. The fourth-order valence-electron chi connectivity index (χ4n) is 3.45. The highest BCUT2D eigenvalue weighted by atomic mass is 16.5. The summed E-state index contributed by atoms with van der Waals surface area (Å²) in [5, 5.41) is 3.06. The second-order valence-corrected chi connectivity index (χ2v) is 6.86. The number of nitrogens with one attached hydrogen (secondary N) is 1. The number of anilines is 1. The van der Waals surface area contributed by atoms with Crippen LogP contribution in [0, 0.1) is 19.8 Å². The molecule has 1 aliphatic rings. The maximum absolute atomic E-state index is 12.8. The number of methoxy groups -OCH3 is 1. The fraction of sp³-hybridized carbons (Fsp3) is 0.474. The molecule has 1 N–H and O–H groups in total. The SMILES string of the molecule is COc1cc(C)cc(NC(=O)N2CC[C@@H](C)[C@H](n3ccnc3)C2)c1C. The Kier molecular flexibility index (Phi) is 4.97. The van der Waals surface area contributed by atoms with E-state index in [1.165, 1.54) is 0 Å². The van der Waals surface area contributed by atoms with Gasteiger partial charge in [0, 0.05) is 36.7 Å². The van der Waals surface area contributed by atoms with Crippen molar-refractivity contribution in [3.05, 3.63) is 42.0 Å². The zero-order chi connectivity index (χ0) is 18.0. The Morgan fingerprint density at radius 1 is 1.36 bits per heavy atom. The van der Waals surface area contributed by atoms with E-state index in [0.717, 1.165) is 35.5 Å². The number of ether oxygens (including phenoxy) is 1. The van der Waals surface area contributed by atoms with E-state index in [9.17, 15) is 4.79 Å². The van der Waals surface area contributed by atoms with Crippen LogP contribution in [0.15, 0.2) is 30.9 Å². The van der Waals surface area contributed by atoms with Crippen LogP contribution in [-0.4, -0.2) is 40.7 Å². The van der Waals surface area contributed by atoms with Gasteiger partial charge >= 0.3 is 6.03 Å². The molecule has 1 saturated heterocycles. The molecular weight excluding hydrogens is 316 g/mol.